The Morgan fingerprint density at radius 3 is 2.05 bits per heavy atom. The van der Waals surface area contributed by atoms with Crippen molar-refractivity contribution < 1.29 is 29.0 Å². The van der Waals surface area contributed by atoms with E-state index >= 15 is 0 Å². The summed E-state index contributed by atoms with van der Waals surface area (Å²) in [4.78, 5) is 34.3. The van der Waals surface area contributed by atoms with Crippen molar-refractivity contribution in [3.8, 4) is 0 Å². The second kappa shape index (κ2) is 7.12. The molecule has 20 heavy (non-hydrogen) atoms. The van der Waals surface area contributed by atoms with Crippen LogP contribution in [-0.2, 0) is 19.1 Å². The van der Waals surface area contributed by atoms with Crippen LogP contribution in [0.1, 0.15) is 53.9 Å². The highest BCUT2D eigenvalue weighted by atomic mass is 16.6. The molecule has 7 heteroatoms. The van der Waals surface area contributed by atoms with Gasteiger partial charge in [-0.15, -0.1) is 0 Å². The number of amides is 1. The van der Waals surface area contributed by atoms with Crippen molar-refractivity contribution in [2.24, 2.45) is 0 Å². The summed E-state index contributed by atoms with van der Waals surface area (Å²) in [5.74, 6) is -2.23. The third-order valence-electron chi connectivity index (χ3n) is 2.25. The van der Waals surface area contributed by atoms with E-state index in [0.29, 0.717) is 12.8 Å². The summed E-state index contributed by atoms with van der Waals surface area (Å²) in [5, 5.41) is 11.4. The van der Waals surface area contributed by atoms with Gasteiger partial charge in [0.2, 0.25) is 0 Å². The van der Waals surface area contributed by atoms with E-state index in [1.54, 1.807) is 20.8 Å². The third kappa shape index (κ3) is 6.40. The van der Waals surface area contributed by atoms with Gasteiger partial charge in [0.15, 0.2) is 0 Å². The maximum absolute atomic E-state index is 11.7. The summed E-state index contributed by atoms with van der Waals surface area (Å²) < 4.78 is 9.84. The number of carbonyl (C=O) groups excluding carboxylic acids is 2. The molecule has 1 amide bonds. The van der Waals surface area contributed by atoms with E-state index in [9.17, 15) is 19.5 Å². The van der Waals surface area contributed by atoms with E-state index in [1.165, 1.54) is 0 Å². The van der Waals surface area contributed by atoms with E-state index in [4.69, 9.17) is 9.47 Å². The number of esters is 1. The Bertz CT molecular complexity index is 374. The van der Waals surface area contributed by atoms with Crippen molar-refractivity contribution in [1.82, 2.24) is 5.32 Å². The predicted molar refractivity (Wildman–Crippen MR) is 71.0 cm³/mol. The fourth-order valence-corrected chi connectivity index (χ4v) is 1.48. The largest absolute Gasteiger partial charge is 0.477 e. The molecular weight excluding hydrogens is 266 g/mol. The highest BCUT2D eigenvalue weighted by Gasteiger charge is 2.44. The van der Waals surface area contributed by atoms with Crippen molar-refractivity contribution in [2.45, 2.75) is 65.2 Å². The fourth-order valence-electron chi connectivity index (χ4n) is 1.48. The van der Waals surface area contributed by atoms with Gasteiger partial charge in [-0.05, 0) is 27.2 Å². The molecule has 0 rings (SSSR count). The predicted octanol–water partition coefficient (Wildman–Crippen LogP) is 2.05. The zero-order chi connectivity index (χ0) is 16.0. The number of unbranched alkanes of at least 4 members (excludes halogenated alkanes) is 1. The molecule has 0 saturated heterocycles. The Hall–Kier alpha value is -1.79. The van der Waals surface area contributed by atoms with Crippen LogP contribution in [0.5, 0.6) is 0 Å². The molecule has 0 aliphatic rings. The van der Waals surface area contributed by atoms with Gasteiger partial charge in [0.1, 0.15) is 5.60 Å². The number of carbonyl (C=O) groups is 3. The molecule has 0 aromatic heterocycles. The molecule has 0 radical (unpaired) electrons. The fraction of sp³-hybridized carbons (Fsp3) is 0.769. The number of aliphatic carboxylic acids is 1. The number of carboxylic acids is 1. The molecule has 7 nitrogen and oxygen atoms in total. The number of nitrogens with one attached hydrogen (secondary N) is 1. The Balaban J connectivity index is 5.12. The van der Waals surface area contributed by atoms with E-state index in [-0.39, 0.29) is 6.42 Å². The number of hydrogen-bond acceptors (Lipinski definition) is 5. The minimum atomic E-state index is -2.09. The minimum Gasteiger partial charge on any atom is -0.477 e. The molecular formula is C13H23NO6. The lowest BCUT2D eigenvalue weighted by Gasteiger charge is -2.30. The van der Waals surface area contributed by atoms with Crippen LogP contribution in [0.15, 0.2) is 0 Å². The van der Waals surface area contributed by atoms with Gasteiger partial charge in [-0.3, -0.25) is 10.1 Å². The molecule has 0 saturated carbocycles. The van der Waals surface area contributed by atoms with Crippen LogP contribution >= 0.6 is 0 Å². The smallest absolute Gasteiger partial charge is 0.411 e. The Morgan fingerprint density at radius 2 is 1.70 bits per heavy atom. The van der Waals surface area contributed by atoms with Gasteiger partial charge in [0.25, 0.3) is 5.72 Å². The maximum atomic E-state index is 11.7. The molecule has 116 valence electrons. The Kier molecular flexibility index (Phi) is 6.48. The van der Waals surface area contributed by atoms with Crippen LogP contribution in [0.25, 0.3) is 0 Å². The Labute approximate surface area is 118 Å². The lowest BCUT2D eigenvalue weighted by Crippen LogP contribution is -2.58. The minimum absolute atomic E-state index is 0.0301. The van der Waals surface area contributed by atoms with Crippen LogP contribution < -0.4 is 5.32 Å². The molecule has 0 aromatic carbocycles. The third-order valence-corrected chi connectivity index (χ3v) is 2.25. The van der Waals surface area contributed by atoms with Gasteiger partial charge in [0.05, 0.1) is 0 Å². The van der Waals surface area contributed by atoms with Crippen molar-refractivity contribution in [2.75, 3.05) is 0 Å². The van der Waals surface area contributed by atoms with Crippen molar-refractivity contribution in [3.63, 3.8) is 0 Å². The summed E-state index contributed by atoms with van der Waals surface area (Å²) in [5.41, 5.74) is -2.88. The standard InChI is InChI=1S/C13H23NO6/c1-6-7-8-13(10(16)17,19-9(2)15)14-11(18)20-12(3,4)5/h6-8H2,1-5H3,(H,14,18)(H,16,17). The lowest BCUT2D eigenvalue weighted by atomic mass is 10.1. The van der Waals surface area contributed by atoms with Gasteiger partial charge < -0.3 is 14.6 Å². The second-order valence-electron chi connectivity index (χ2n) is 5.46. The monoisotopic (exact) mass is 289 g/mol. The first kappa shape index (κ1) is 18.2. The normalized spacial score (nSPS) is 14.1. The molecule has 0 fully saturated rings. The van der Waals surface area contributed by atoms with Crippen LogP contribution in [-0.4, -0.2) is 34.5 Å². The van der Waals surface area contributed by atoms with E-state index in [1.807, 2.05) is 6.92 Å². The van der Waals surface area contributed by atoms with E-state index < -0.39 is 29.4 Å². The molecule has 0 aromatic rings. The summed E-state index contributed by atoms with van der Waals surface area (Å²) in [6.45, 7) is 7.88. The van der Waals surface area contributed by atoms with Crippen molar-refractivity contribution in [3.05, 3.63) is 0 Å². The summed E-state index contributed by atoms with van der Waals surface area (Å²) in [6, 6.07) is 0. The van der Waals surface area contributed by atoms with Gasteiger partial charge in [0, 0.05) is 13.3 Å². The molecule has 0 aliphatic carbocycles. The summed E-state index contributed by atoms with van der Waals surface area (Å²) in [6.07, 6.45) is 0.177. The second-order valence-corrected chi connectivity index (χ2v) is 5.46. The zero-order valence-corrected chi connectivity index (χ0v) is 12.6. The summed E-state index contributed by atoms with van der Waals surface area (Å²) in [7, 11) is 0. The molecule has 0 heterocycles. The number of rotatable bonds is 6. The SMILES string of the molecule is CCCCC(NC(=O)OC(C)(C)C)(OC(C)=O)C(=O)O. The van der Waals surface area contributed by atoms with E-state index in [0.717, 1.165) is 6.92 Å². The molecule has 0 spiro atoms. The van der Waals surface area contributed by atoms with Crippen LogP contribution in [0.3, 0.4) is 0 Å². The zero-order valence-electron chi connectivity index (χ0n) is 12.6. The van der Waals surface area contributed by atoms with Crippen LogP contribution in [0.4, 0.5) is 4.79 Å². The van der Waals surface area contributed by atoms with Crippen LogP contribution in [0.2, 0.25) is 0 Å². The Morgan fingerprint density at radius 1 is 1.15 bits per heavy atom. The van der Waals surface area contributed by atoms with Gasteiger partial charge in [-0.1, -0.05) is 13.3 Å². The molecule has 0 aliphatic heterocycles. The number of ether oxygens (including phenoxy) is 2. The number of carboxylic acid groups (broad SMARTS) is 1. The first-order chi connectivity index (χ1) is 9.02. The van der Waals surface area contributed by atoms with E-state index in [2.05, 4.69) is 5.32 Å². The first-order valence-electron chi connectivity index (χ1n) is 6.46. The molecule has 1 atom stereocenters. The summed E-state index contributed by atoms with van der Waals surface area (Å²) >= 11 is 0. The van der Waals surface area contributed by atoms with Crippen molar-refractivity contribution in [1.29, 1.82) is 0 Å². The topological polar surface area (TPSA) is 102 Å². The molecule has 1 unspecified atom stereocenters. The van der Waals surface area contributed by atoms with Gasteiger partial charge in [-0.25, -0.2) is 9.59 Å². The maximum Gasteiger partial charge on any atom is 0.411 e. The highest BCUT2D eigenvalue weighted by Crippen LogP contribution is 2.19. The molecule has 0 bridgehead atoms. The van der Waals surface area contributed by atoms with Crippen molar-refractivity contribution >= 4 is 18.0 Å². The average molecular weight is 289 g/mol. The number of hydrogen-bond donors (Lipinski definition) is 2. The lowest BCUT2D eigenvalue weighted by molar-refractivity contribution is -0.182. The first-order valence-corrected chi connectivity index (χ1v) is 6.46. The quantitative estimate of drug-likeness (QED) is 0.573. The average Bonchev–Trinajstić information content (AvgIpc) is 2.21. The van der Waals surface area contributed by atoms with Gasteiger partial charge >= 0.3 is 18.0 Å². The highest BCUT2D eigenvalue weighted by molar-refractivity contribution is 5.85. The molecule has 2 N–H and O–H groups in total. The van der Waals surface area contributed by atoms with Gasteiger partial charge in [-0.2, -0.15) is 0 Å². The van der Waals surface area contributed by atoms with Crippen LogP contribution in [0, 0.1) is 0 Å². The number of alkyl carbamates (subject to hydrolysis) is 1.